The van der Waals surface area contributed by atoms with Crippen molar-refractivity contribution in [2.45, 2.75) is 32.7 Å². The van der Waals surface area contributed by atoms with E-state index in [9.17, 15) is 4.79 Å². The quantitative estimate of drug-likeness (QED) is 0.861. The lowest BCUT2D eigenvalue weighted by atomic mass is 9.93. The minimum absolute atomic E-state index is 0.171. The number of carbonyl (C=O) groups is 1. The third-order valence-electron chi connectivity index (χ3n) is 4.16. The first-order valence-corrected chi connectivity index (χ1v) is 7.37. The molecule has 0 bridgehead atoms. The van der Waals surface area contributed by atoms with Gasteiger partial charge in [0.05, 0.1) is 0 Å². The summed E-state index contributed by atoms with van der Waals surface area (Å²) in [6.07, 6.45) is 2.65. The van der Waals surface area contributed by atoms with Crippen LogP contribution >= 0.6 is 0 Å². The zero-order valence-electron chi connectivity index (χ0n) is 12.5. The zero-order chi connectivity index (χ0) is 14.5. The van der Waals surface area contributed by atoms with Crippen molar-refractivity contribution < 1.29 is 4.79 Å². The summed E-state index contributed by atoms with van der Waals surface area (Å²) in [5.74, 6) is 0.295. The van der Waals surface area contributed by atoms with E-state index in [-0.39, 0.29) is 5.91 Å². The molecule has 1 fully saturated rings. The molecule has 1 aromatic carbocycles. The SMILES string of the molecule is CNCc1ccc(N2CCC(CC(N)=O)CC2)cc1C. The van der Waals surface area contributed by atoms with Crippen molar-refractivity contribution in [3.05, 3.63) is 29.3 Å². The number of rotatable bonds is 5. The number of anilines is 1. The van der Waals surface area contributed by atoms with Crippen LogP contribution in [-0.2, 0) is 11.3 Å². The smallest absolute Gasteiger partial charge is 0.217 e. The third kappa shape index (κ3) is 3.73. The number of aryl methyl sites for hydroxylation is 1. The van der Waals surface area contributed by atoms with E-state index < -0.39 is 0 Å². The van der Waals surface area contributed by atoms with Crippen LogP contribution < -0.4 is 16.0 Å². The molecule has 1 saturated heterocycles. The minimum atomic E-state index is -0.171. The van der Waals surface area contributed by atoms with Gasteiger partial charge in [0.2, 0.25) is 5.91 Å². The normalized spacial score (nSPS) is 16.4. The van der Waals surface area contributed by atoms with Crippen LogP contribution in [0.1, 0.15) is 30.4 Å². The van der Waals surface area contributed by atoms with Gasteiger partial charge in [-0.3, -0.25) is 4.79 Å². The molecule has 20 heavy (non-hydrogen) atoms. The molecular formula is C16H25N3O. The van der Waals surface area contributed by atoms with Gasteiger partial charge >= 0.3 is 0 Å². The first kappa shape index (κ1) is 14.9. The van der Waals surface area contributed by atoms with Crippen LogP contribution in [-0.4, -0.2) is 26.0 Å². The predicted molar refractivity (Wildman–Crippen MR) is 82.7 cm³/mol. The van der Waals surface area contributed by atoms with Crippen LogP contribution in [0.2, 0.25) is 0 Å². The van der Waals surface area contributed by atoms with Gasteiger partial charge in [-0.2, -0.15) is 0 Å². The second-order valence-electron chi connectivity index (χ2n) is 5.74. The molecule has 0 aromatic heterocycles. The Morgan fingerprint density at radius 2 is 2.10 bits per heavy atom. The largest absolute Gasteiger partial charge is 0.372 e. The molecule has 0 aliphatic carbocycles. The number of carbonyl (C=O) groups excluding carboxylic acids is 1. The van der Waals surface area contributed by atoms with Crippen molar-refractivity contribution >= 4 is 11.6 Å². The van der Waals surface area contributed by atoms with Crippen molar-refractivity contribution in [3.8, 4) is 0 Å². The maximum Gasteiger partial charge on any atom is 0.217 e. The molecule has 1 aliphatic rings. The number of hydrogen-bond acceptors (Lipinski definition) is 3. The van der Waals surface area contributed by atoms with E-state index in [2.05, 4.69) is 35.3 Å². The highest BCUT2D eigenvalue weighted by Crippen LogP contribution is 2.26. The summed E-state index contributed by atoms with van der Waals surface area (Å²) in [5, 5.41) is 3.19. The molecule has 0 spiro atoms. The van der Waals surface area contributed by atoms with E-state index in [0.717, 1.165) is 32.5 Å². The number of piperidine rings is 1. The van der Waals surface area contributed by atoms with Gasteiger partial charge in [0.15, 0.2) is 0 Å². The highest BCUT2D eigenvalue weighted by Gasteiger charge is 2.21. The molecule has 1 aromatic rings. The van der Waals surface area contributed by atoms with Crippen LogP contribution in [0.3, 0.4) is 0 Å². The van der Waals surface area contributed by atoms with Gasteiger partial charge < -0.3 is 16.0 Å². The molecule has 1 aliphatic heterocycles. The predicted octanol–water partition coefficient (Wildman–Crippen LogP) is 1.81. The highest BCUT2D eigenvalue weighted by atomic mass is 16.1. The summed E-state index contributed by atoms with van der Waals surface area (Å²) in [6.45, 7) is 5.11. The molecule has 1 heterocycles. The average molecular weight is 275 g/mol. The monoisotopic (exact) mass is 275 g/mol. The van der Waals surface area contributed by atoms with Crippen LogP contribution in [0, 0.1) is 12.8 Å². The van der Waals surface area contributed by atoms with Crippen molar-refractivity contribution in [2.75, 3.05) is 25.0 Å². The zero-order valence-corrected chi connectivity index (χ0v) is 12.5. The van der Waals surface area contributed by atoms with E-state index in [4.69, 9.17) is 5.73 Å². The summed E-state index contributed by atoms with van der Waals surface area (Å²) in [5.41, 5.74) is 9.24. The summed E-state index contributed by atoms with van der Waals surface area (Å²) in [4.78, 5) is 13.4. The number of amides is 1. The Bertz CT molecular complexity index is 465. The second-order valence-corrected chi connectivity index (χ2v) is 5.74. The fourth-order valence-electron chi connectivity index (χ4n) is 2.95. The van der Waals surface area contributed by atoms with Crippen molar-refractivity contribution in [3.63, 3.8) is 0 Å². The Kier molecular flexibility index (Phi) is 5.01. The first-order chi connectivity index (χ1) is 9.60. The molecule has 110 valence electrons. The molecule has 4 nitrogen and oxygen atoms in total. The van der Waals surface area contributed by atoms with Gasteiger partial charge in [0.25, 0.3) is 0 Å². The standard InChI is InChI=1S/C16H25N3O/c1-12-9-15(4-3-14(12)11-18-2)19-7-5-13(6-8-19)10-16(17)20/h3-4,9,13,18H,5-8,10-11H2,1-2H3,(H2,17,20). The van der Waals surface area contributed by atoms with Crippen LogP contribution in [0.4, 0.5) is 5.69 Å². The van der Waals surface area contributed by atoms with E-state index in [1.807, 2.05) is 7.05 Å². The maximum atomic E-state index is 11.0. The van der Waals surface area contributed by atoms with Gasteiger partial charge in [0.1, 0.15) is 0 Å². The lowest BCUT2D eigenvalue weighted by Gasteiger charge is -2.33. The number of nitrogens with zero attached hydrogens (tertiary/aromatic N) is 1. The summed E-state index contributed by atoms with van der Waals surface area (Å²) in [6, 6.07) is 6.67. The van der Waals surface area contributed by atoms with Crippen molar-refractivity contribution in [2.24, 2.45) is 11.7 Å². The Morgan fingerprint density at radius 1 is 1.40 bits per heavy atom. The molecule has 0 unspecified atom stereocenters. The van der Waals surface area contributed by atoms with Crippen molar-refractivity contribution in [1.82, 2.24) is 5.32 Å². The van der Waals surface area contributed by atoms with E-state index in [0.29, 0.717) is 12.3 Å². The molecule has 2 rings (SSSR count). The van der Waals surface area contributed by atoms with Crippen LogP contribution in [0.25, 0.3) is 0 Å². The van der Waals surface area contributed by atoms with Crippen LogP contribution in [0.5, 0.6) is 0 Å². The van der Waals surface area contributed by atoms with Gasteiger partial charge in [-0.1, -0.05) is 6.07 Å². The molecule has 0 atom stereocenters. The lowest BCUT2D eigenvalue weighted by molar-refractivity contribution is -0.119. The number of nitrogens with two attached hydrogens (primary N) is 1. The Balaban J connectivity index is 1.96. The Morgan fingerprint density at radius 3 is 2.65 bits per heavy atom. The van der Waals surface area contributed by atoms with Crippen molar-refractivity contribution in [1.29, 1.82) is 0 Å². The molecular weight excluding hydrogens is 250 g/mol. The van der Waals surface area contributed by atoms with Gasteiger partial charge in [-0.25, -0.2) is 0 Å². The number of benzene rings is 1. The summed E-state index contributed by atoms with van der Waals surface area (Å²) in [7, 11) is 1.97. The van der Waals surface area contributed by atoms with Crippen LogP contribution in [0.15, 0.2) is 18.2 Å². The van der Waals surface area contributed by atoms with E-state index in [1.54, 1.807) is 0 Å². The molecule has 4 heteroatoms. The number of nitrogens with one attached hydrogen (secondary N) is 1. The Labute approximate surface area is 121 Å². The molecule has 1 amide bonds. The fourth-order valence-corrected chi connectivity index (χ4v) is 2.95. The maximum absolute atomic E-state index is 11.0. The number of primary amides is 1. The summed E-state index contributed by atoms with van der Waals surface area (Å²) >= 11 is 0. The molecule has 0 saturated carbocycles. The number of hydrogen-bond donors (Lipinski definition) is 2. The highest BCUT2D eigenvalue weighted by molar-refractivity contribution is 5.74. The van der Waals surface area contributed by atoms with Gasteiger partial charge in [-0.05, 0) is 56.0 Å². The molecule has 3 N–H and O–H groups in total. The van der Waals surface area contributed by atoms with E-state index >= 15 is 0 Å². The molecule has 0 radical (unpaired) electrons. The Hall–Kier alpha value is -1.55. The van der Waals surface area contributed by atoms with E-state index in [1.165, 1.54) is 16.8 Å². The van der Waals surface area contributed by atoms with Gasteiger partial charge in [0, 0.05) is 31.7 Å². The minimum Gasteiger partial charge on any atom is -0.372 e. The topological polar surface area (TPSA) is 58.4 Å². The fraction of sp³-hybridized carbons (Fsp3) is 0.562. The summed E-state index contributed by atoms with van der Waals surface area (Å²) < 4.78 is 0. The first-order valence-electron chi connectivity index (χ1n) is 7.37. The second kappa shape index (κ2) is 6.75. The van der Waals surface area contributed by atoms with Gasteiger partial charge in [-0.15, -0.1) is 0 Å². The average Bonchev–Trinajstić information content (AvgIpc) is 2.41. The third-order valence-corrected chi connectivity index (χ3v) is 4.16. The lowest BCUT2D eigenvalue weighted by Crippen LogP contribution is -2.35.